The molecule has 0 amide bonds. The zero-order valence-electron chi connectivity index (χ0n) is 8.64. The van der Waals surface area contributed by atoms with Crippen molar-refractivity contribution in [3.8, 4) is 0 Å². The van der Waals surface area contributed by atoms with Crippen LogP contribution in [0.3, 0.4) is 0 Å². The van der Waals surface area contributed by atoms with E-state index in [0.29, 0.717) is 6.42 Å². The molecule has 1 rings (SSSR count). The Hall–Kier alpha value is -1.35. The Morgan fingerprint density at radius 1 is 1.43 bits per heavy atom. The summed E-state index contributed by atoms with van der Waals surface area (Å²) in [5.74, 6) is 0. The van der Waals surface area contributed by atoms with Crippen LogP contribution < -0.4 is 0 Å². The lowest BCUT2D eigenvalue weighted by Crippen LogP contribution is -2.06. The van der Waals surface area contributed by atoms with Crippen molar-refractivity contribution in [2.75, 3.05) is 20.7 Å². The van der Waals surface area contributed by atoms with Crippen LogP contribution in [-0.2, 0) is 6.42 Å². The average Bonchev–Trinajstić information content (AvgIpc) is 2.16. The first kappa shape index (κ1) is 10.7. The van der Waals surface area contributed by atoms with Crippen LogP contribution in [0.5, 0.6) is 0 Å². The second-order valence-electron chi connectivity index (χ2n) is 3.35. The quantitative estimate of drug-likeness (QED) is 0.579. The van der Waals surface area contributed by atoms with E-state index in [1.165, 1.54) is 0 Å². The lowest BCUT2D eigenvalue weighted by atomic mass is 10.1. The Labute approximate surface area is 84.7 Å². The number of hydrogen-bond donors (Lipinski definition) is 1. The molecule has 0 unspecified atom stereocenters. The number of hydrogen-bond acceptors (Lipinski definition) is 2. The van der Waals surface area contributed by atoms with Crippen LogP contribution >= 0.6 is 0 Å². The van der Waals surface area contributed by atoms with Gasteiger partial charge in [0.05, 0.1) is 12.0 Å². The number of nitrogens with zero attached hydrogens (tertiary/aromatic N) is 2. The van der Waals surface area contributed by atoms with Crippen molar-refractivity contribution in [2.45, 2.75) is 6.42 Å². The summed E-state index contributed by atoms with van der Waals surface area (Å²) in [6.07, 6.45) is 2.45. The summed E-state index contributed by atoms with van der Waals surface area (Å²) in [4.78, 5) is 6.16. The molecule has 3 heteroatoms. The second kappa shape index (κ2) is 5.40. The van der Waals surface area contributed by atoms with Gasteiger partial charge in [-0.2, -0.15) is 0 Å². The molecule has 0 aliphatic carbocycles. The van der Waals surface area contributed by atoms with Gasteiger partial charge in [-0.3, -0.25) is 0 Å². The SMILES string of the molecule is CN(C)C=Nc1cccc(CCO)c1. The van der Waals surface area contributed by atoms with Crippen molar-refractivity contribution in [1.29, 1.82) is 0 Å². The normalized spacial score (nSPS) is 10.8. The fourth-order valence-electron chi connectivity index (χ4n) is 1.10. The topological polar surface area (TPSA) is 35.8 Å². The highest BCUT2D eigenvalue weighted by atomic mass is 16.2. The van der Waals surface area contributed by atoms with Gasteiger partial charge in [0.2, 0.25) is 0 Å². The fourth-order valence-corrected chi connectivity index (χ4v) is 1.10. The minimum Gasteiger partial charge on any atom is -0.396 e. The van der Waals surface area contributed by atoms with Crippen molar-refractivity contribution in [1.82, 2.24) is 4.90 Å². The Morgan fingerprint density at radius 2 is 2.21 bits per heavy atom. The monoisotopic (exact) mass is 192 g/mol. The summed E-state index contributed by atoms with van der Waals surface area (Å²) < 4.78 is 0. The van der Waals surface area contributed by atoms with Crippen molar-refractivity contribution in [3.05, 3.63) is 29.8 Å². The van der Waals surface area contributed by atoms with Crippen molar-refractivity contribution >= 4 is 12.0 Å². The zero-order chi connectivity index (χ0) is 10.4. The molecule has 0 saturated heterocycles. The summed E-state index contributed by atoms with van der Waals surface area (Å²) >= 11 is 0. The predicted octanol–water partition coefficient (Wildman–Crippen LogP) is 1.44. The third-order valence-corrected chi connectivity index (χ3v) is 1.75. The highest BCUT2D eigenvalue weighted by Crippen LogP contribution is 2.13. The van der Waals surface area contributed by atoms with Gasteiger partial charge in [-0.25, -0.2) is 4.99 Å². The van der Waals surface area contributed by atoms with Gasteiger partial charge in [0.1, 0.15) is 0 Å². The largest absolute Gasteiger partial charge is 0.396 e. The lowest BCUT2D eigenvalue weighted by molar-refractivity contribution is 0.299. The first-order valence-electron chi connectivity index (χ1n) is 4.63. The van der Waals surface area contributed by atoms with Gasteiger partial charge in [-0.15, -0.1) is 0 Å². The van der Waals surface area contributed by atoms with Gasteiger partial charge in [0.15, 0.2) is 0 Å². The average molecular weight is 192 g/mol. The van der Waals surface area contributed by atoms with Crippen LogP contribution in [-0.4, -0.2) is 37.0 Å². The minimum atomic E-state index is 0.181. The first-order chi connectivity index (χ1) is 6.72. The number of benzene rings is 1. The molecule has 0 aliphatic heterocycles. The van der Waals surface area contributed by atoms with E-state index in [0.717, 1.165) is 11.3 Å². The highest BCUT2D eigenvalue weighted by molar-refractivity contribution is 5.60. The minimum absolute atomic E-state index is 0.181. The van der Waals surface area contributed by atoms with Crippen LogP contribution in [0.25, 0.3) is 0 Å². The Balaban J connectivity index is 2.73. The molecule has 0 fully saturated rings. The molecule has 0 spiro atoms. The molecule has 1 aromatic rings. The van der Waals surface area contributed by atoms with Crippen LogP contribution in [0.1, 0.15) is 5.56 Å². The van der Waals surface area contributed by atoms with Crippen molar-refractivity contribution < 1.29 is 5.11 Å². The van der Waals surface area contributed by atoms with E-state index in [-0.39, 0.29) is 6.61 Å². The molecule has 0 bridgehead atoms. The molecular formula is C11H16N2O. The van der Waals surface area contributed by atoms with E-state index < -0.39 is 0 Å². The number of rotatable bonds is 4. The second-order valence-corrected chi connectivity index (χ2v) is 3.35. The van der Waals surface area contributed by atoms with Gasteiger partial charge in [-0.1, -0.05) is 12.1 Å². The molecule has 0 heterocycles. The van der Waals surface area contributed by atoms with Crippen LogP contribution in [0.4, 0.5) is 5.69 Å². The highest BCUT2D eigenvalue weighted by Gasteiger charge is 1.93. The standard InChI is InChI=1S/C11H16N2O/c1-13(2)9-12-11-5-3-4-10(8-11)6-7-14/h3-5,8-9,14H,6-7H2,1-2H3. The van der Waals surface area contributed by atoms with Crippen LogP contribution in [0.2, 0.25) is 0 Å². The summed E-state index contributed by atoms with van der Waals surface area (Å²) in [6.45, 7) is 0.181. The number of aliphatic hydroxyl groups excluding tert-OH is 1. The molecule has 1 aromatic carbocycles. The molecule has 0 aromatic heterocycles. The molecule has 1 N–H and O–H groups in total. The third kappa shape index (κ3) is 3.58. The Kier molecular flexibility index (Phi) is 4.13. The predicted molar refractivity (Wildman–Crippen MR) is 59.1 cm³/mol. The maximum atomic E-state index is 8.78. The fraction of sp³-hybridized carbons (Fsp3) is 0.364. The molecule has 0 aliphatic rings. The van der Waals surface area contributed by atoms with Gasteiger partial charge in [-0.05, 0) is 24.1 Å². The molecule has 14 heavy (non-hydrogen) atoms. The smallest absolute Gasteiger partial charge is 0.0907 e. The maximum Gasteiger partial charge on any atom is 0.0907 e. The van der Waals surface area contributed by atoms with Crippen LogP contribution in [0, 0.1) is 0 Å². The van der Waals surface area contributed by atoms with Gasteiger partial charge in [0.25, 0.3) is 0 Å². The Bertz CT molecular complexity index is 308. The van der Waals surface area contributed by atoms with E-state index >= 15 is 0 Å². The molecule has 0 radical (unpaired) electrons. The molecular weight excluding hydrogens is 176 g/mol. The molecule has 3 nitrogen and oxygen atoms in total. The number of aliphatic imine (C=N–C) groups is 1. The molecule has 0 atom stereocenters. The maximum absolute atomic E-state index is 8.78. The van der Waals surface area contributed by atoms with Crippen LogP contribution in [0.15, 0.2) is 29.3 Å². The van der Waals surface area contributed by atoms with Gasteiger partial charge < -0.3 is 10.0 Å². The van der Waals surface area contributed by atoms with Crippen molar-refractivity contribution in [2.24, 2.45) is 4.99 Å². The van der Waals surface area contributed by atoms with E-state index in [1.807, 2.05) is 43.3 Å². The molecule has 0 saturated carbocycles. The summed E-state index contributed by atoms with van der Waals surface area (Å²) in [5, 5.41) is 8.78. The third-order valence-electron chi connectivity index (χ3n) is 1.75. The zero-order valence-corrected chi connectivity index (χ0v) is 8.64. The first-order valence-corrected chi connectivity index (χ1v) is 4.63. The summed E-state index contributed by atoms with van der Waals surface area (Å²) in [5.41, 5.74) is 2.03. The Morgan fingerprint density at radius 3 is 2.86 bits per heavy atom. The van der Waals surface area contributed by atoms with Gasteiger partial charge >= 0.3 is 0 Å². The summed E-state index contributed by atoms with van der Waals surface area (Å²) in [7, 11) is 3.86. The molecule has 76 valence electrons. The van der Waals surface area contributed by atoms with E-state index in [9.17, 15) is 0 Å². The van der Waals surface area contributed by atoms with Crippen molar-refractivity contribution in [3.63, 3.8) is 0 Å². The van der Waals surface area contributed by atoms with E-state index in [4.69, 9.17) is 5.11 Å². The van der Waals surface area contributed by atoms with Gasteiger partial charge in [0, 0.05) is 20.7 Å². The summed E-state index contributed by atoms with van der Waals surface area (Å²) in [6, 6.07) is 7.87. The lowest BCUT2D eigenvalue weighted by Gasteiger charge is -2.03. The number of aliphatic hydroxyl groups is 1. The van der Waals surface area contributed by atoms with E-state index in [1.54, 1.807) is 6.34 Å². The van der Waals surface area contributed by atoms with E-state index in [2.05, 4.69) is 4.99 Å².